The lowest BCUT2D eigenvalue weighted by Gasteiger charge is -2.19. The Balaban J connectivity index is 1.40. The number of carbonyl (C=O) groups excluding carboxylic acids is 1. The Morgan fingerprint density at radius 2 is 2.28 bits per heavy atom. The molecule has 0 aromatic carbocycles. The summed E-state index contributed by atoms with van der Waals surface area (Å²) >= 11 is 0. The minimum absolute atomic E-state index is 0.0136. The second kappa shape index (κ2) is 6.57. The Labute approximate surface area is 146 Å². The fraction of sp³-hybridized carbons (Fsp3) is 0.500. The van der Waals surface area contributed by atoms with Gasteiger partial charge in [0.15, 0.2) is 0 Å². The molecule has 0 saturated carbocycles. The van der Waals surface area contributed by atoms with Crippen molar-refractivity contribution in [3.8, 4) is 0 Å². The molecule has 2 fully saturated rings. The SMILES string of the molecule is Cc1noc(C)c1CN1C[C@@H]2[C@@H](C(=O)Nc3cccnc3)CO[C@@H]2C1. The molecule has 0 spiro atoms. The molecule has 1 amide bonds. The lowest BCUT2D eigenvalue weighted by Crippen LogP contribution is -2.32. The number of aryl methyl sites for hydroxylation is 2. The zero-order chi connectivity index (χ0) is 17.4. The summed E-state index contributed by atoms with van der Waals surface area (Å²) in [6.45, 7) is 6.86. The molecule has 25 heavy (non-hydrogen) atoms. The van der Waals surface area contributed by atoms with E-state index in [0.29, 0.717) is 6.61 Å². The standard InChI is InChI=1S/C18H22N4O3/c1-11-14(12(2)25-21-11)7-22-8-15-16(10-24-17(15)9-22)18(23)20-13-4-3-5-19-6-13/h3-6,15-17H,7-10H2,1-2H3,(H,20,23)/t15-,16+,17-/m1/s1. The predicted octanol–water partition coefficient (Wildman–Crippen LogP) is 1.77. The van der Waals surface area contributed by atoms with Crippen LogP contribution in [0.15, 0.2) is 29.0 Å². The molecule has 2 saturated heterocycles. The summed E-state index contributed by atoms with van der Waals surface area (Å²) in [5.74, 6) is 0.970. The third-order valence-corrected chi connectivity index (χ3v) is 5.22. The zero-order valence-electron chi connectivity index (χ0n) is 14.4. The number of nitrogens with zero attached hydrogens (tertiary/aromatic N) is 3. The molecule has 0 radical (unpaired) electrons. The van der Waals surface area contributed by atoms with Crippen LogP contribution in [0.3, 0.4) is 0 Å². The number of likely N-dealkylation sites (tertiary alicyclic amines) is 1. The molecular weight excluding hydrogens is 320 g/mol. The second-order valence-corrected chi connectivity index (χ2v) is 6.87. The first-order valence-corrected chi connectivity index (χ1v) is 8.58. The number of fused-ring (bicyclic) bond motifs is 1. The van der Waals surface area contributed by atoms with Gasteiger partial charge in [0.1, 0.15) is 5.76 Å². The molecule has 0 aliphatic carbocycles. The molecule has 2 aliphatic rings. The minimum Gasteiger partial charge on any atom is -0.376 e. The van der Waals surface area contributed by atoms with Crippen LogP contribution < -0.4 is 5.32 Å². The zero-order valence-corrected chi connectivity index (χ0v) is 14.4. The summed E-state index contributed by atoms with van der Waals surface area (Å²) in [5.41, 5.74) is 2.79. The number of ether oxygens (including phenoxy) is 1. The van der Waals surface area contributed by atoms with E-state index in [2.05, 4.69) is 20.4 Å². The van der Waals surface area contributed by atoms with Gasteiger partial charge in [-0.1, -0.05) is 5.16 Å². The van der Waals surface area contributed by atoms with Crippen molar-refractivity contribution in [2.45, 2.75) is 26.5 Å². The van der Waals surface area contributed by atoms with Gasteiger partial charge < -0.3 is 14.6 Å². The largest absolute Gasteiger partial charge is 0.376 e. The van der Waals surface area contributed by atoms with Crippen molar-refractivity contribution in [3.63, 3.8) is 0 Å². The van der Waals surface area contributed by atoms with Crippen LogP contribution in [0.5, 0.6) is 0 Å². The summed E-state index contributed by atoms with van der Waals surface area (Å²) < 4.78 is 11.1. The molecule has 0 bridgehead atoms. The maximum Gasteiger partial charge on any atom is 0.230 e. The smallest absolute Gasteiger partial charge is 0.230 e. The average molecular weight is 342 g/mol. The molecule has 1 N–H and O–H groups in total. The first-order chi connectivity index (χ1) is 12.1. The molecule has 0 unspecified atom stereocenters. The summed E-state index contributed by atoms with van der Waals surface area (Å²) in [7, 11) is 0. The summed E-state index contributed by atoms with van der Waals surface area (Å²) in [6.07, 6.45) is 3.46. The Morgan fingerprint density at radius 3 is 3.00 bits per heavy atom. The second-order valence-electron chi connectivity index (χ2n) is 6.87. The van der Waals surface area contributed by atoms with Gasteiger partial charge in [-0.3, -0.25) is 14.7 Å². The van der Waals surface area contributed by atoms with Crippen molar-refractivity contribution < 1.29 is 14.1 Å². The summed E-state index contributed by atoms with van der Waals surface area (Å²) in [4.78, 5) is 19.0. The van der Waals surface area contributed by atoms with Crippen LogP contribution in [-0.2, 0) is 16.1 Å². The fourth-order valence-corrected chi connectivity index (χ4v) is 3.82. The first kappa shape index (κ1) is 16.2. The van der Waals surface area contributed by atoms with Gasteiger partial charge in [0.25, 0.3) is 0 Å². The molecule has 2 aliphatic heterocycles. The third-order valence-electron chi connectivity index (χ3n) is 5.22. The number of aromatic nitrogens is 2. The fourth-order valence-electron chi connectivity index (χ4n) is 3.82. The third kappa shape index (κ3) is 3.17. The van der Waals surface area contributed by atoms with Gasteiger partial charge in [0.2, 0.25) is 5.91 Å². The van der Waals surface area contributed by atoms with Gasteiger partial charge in [-0.25, -0.2) is 0 Å². The molecule has 7 heteroatoms. The monoisotopic (exact) mass is 342 g/mol. The Hall–Kier alpha value is -2.25. The van der Waals surface area contributed by atoms with Crippen LogP contribution in [0.2, 0.25) is 0 Å². The first-order valence-electron chi connectivity index (χ1n) is 8.58. The number of nitrogens with one attached hydrogen (secondary N) is 1. The lowest BCUT2D eigenvalue weighted by atomic mass is 9.92. The van der Waals surface area contributed by atoms with Crippen LogP contribution >= 0.6 is 0 Å². The van der Waals surface area contributed by atoms with Crippen molar-refractivity contribution in [3.05, 3.63) is 41.5 Å². The topological polar surface area (TPSA) is 80.5 Å². The van der Waals surface area contributed by atoms with Crippen LogP contribution in [0, 0.1) is 25.7 Å². The number of hydrogen-bond donors (Lipinski definition) is 1. The van der Waals surface area contributed by atoms with Crippen molar-refractivity contribution in [2.24, 2.45) is 11.8 Å². The van der Waals surface area contributed by atoms with E-state index in [1.165, 1.54) is 0 Å². The van der Waals surface area contributed by atoms with Crippen LogP contribution in [0.4, 0.5) is 5.69 Å². The minimum atomic E-state index is -0.125. The maximum absolute atomic E-state index is 12.6. The van der Waals surface area contributed by atoms with E-state index < -0.39 is 0 Å². The number of rotatable bonds is 4. The Bertz CT molecular complexity index is 741. The van der Waals surface area contributed by atoms with Crippen molar-refractivity contribution in [2.75, 3.05) is 25.0 Å². The molecule has 2 aromatic rings. The number of pyridine rings is 1. The molecule has 4 heterocycles. The Morgan fingerprint density at radius 1 is 1.40 bits per heavy atom. The van der Waals surface area contributed by atoms with E-state index in [9.17, 15) is 4.79 Å². The van der Waals surface area contributed by atoms with Gasteiger partial charge >= 0.3 is 0 Å². The average Bonchev–Trinajstić information content (AvgIpc) is 3.26. The molecule has 132 valence electrons. The number of anilines is 1. The predicted molar refractivity (Wildman–Crippen MR) is 90.8 cm³/mol. The van der Waals surface area contributed by atoms with Crippen molar-refractivity contribution >= 4 is 11.6 Å². The van der Waals surface area contributed by atoms with Crippen LogP contribution in [-0.4, -0.2) is 46.7 Å². The van der Waals surface area contributed by atoms with E-state index in [1.54, 1.807) is 12.4 Å². The molecule has 3 atom stereocenters. The van der Waals surface area contributed by atoms with Crippen molar-refractivity contribution in [1.82, 2.24) is 15.0 Å². The van der Waals surface area contributed by atoms with Gasteiger partial charge in [-0.2, -0.15) is 0 Å². The highest BCUT2D eigenvalue weighted by atomic mass is 16.5. The summed E-state index contributed by atoms with van der Waals surface area (Å²) in [5, 5.41) is 6.97. The van der Waals surface area contributed by atoms with E-state index in [-0.39, 0.29) is 23.8 Å². The van der Waals surface area contributed by atoms with Gasteiger partial charge in [0, 0.05) is 37.3 Å². The van der Waals surface area contributed by atoms with E-state index >= 15 is 0 Å². The van der Waals surface area contributed by atoms with E-state index in [1.807, 2.05) is 26.0 Å². The van der Waals surface area contributed by atoms with Gasteiger partial charge in [0.05, 0.1) is 36.2 Å². The summed E-state index contributed by atoms with van der Waals surface area (Å²) in [6, 6.07) is 3.65. The molecule has 2 aromatic heterocycles. The highest BCUT2D eigenvalue weighted by Crippen LogP contribution is 2.35. The molecular formula is C18H22N4O3. The number of amides is 1. The Kier molecular flexibility index (Phi) is 4.27. The number of hydrogen-bond acceptors (Lipinski definition) is 6. The highest BCUT2D eigenvalue weighted by molar-refractivity contribution is 5.92. The molecule has 7 nitrogen and oxygen atoms in total. The van der Waals surface area contributed by atoms with Crippen LogP contribution in [0.25, 0.3) is 0 Å². The van der Waals surface area contributed by atoms with Gasteiger partial charge in [-0.05, 0) is 26.0 Å². The van der Waals surface area contributed by atoms with Crippen molar-refractivity contribution in [1.29, 1.82) is 0 Å². The lowest BCUT2D eigenvalue weighted by molar-refractivity contribution is -0.120. The maximum atomic E-state index is 12.6. The molecule has 4 rings (SSSR count). The normalized spacial score (nSPS) is 25.9. The van der Waals surface area contributed by atoms with E-state index in [0.717, 1.165) is 42.3 Å². The van der Waals surface area contributed by atoms with E-state index in [4.69, 9.17) is 9.26 Å². The highest BCUT2D eigenvalue weighted by Gasteiger charge is 2.46. The quantitative estimate of drug-likeness (QED) is 0.912. The van der Waals surface area contributed by atoms with Crippen LogP contribution in [0.1, 0.15) is 17.0 Å². The van der Waals surface area contributed by atoms with Gasteiger partial charge in [-0.15, -0.1) is 0 Å². The number of carbonyl (C=O) groups is 1.